The Labute approximate surface area is 121 Å². The number of anilines is 2. The smallest absolute Gasteiger partial charge is 0.255 e. The van der Waals surface area contributed by atoms with Gasteiger partial charge in [0.1, 0.15) is 0 Å². The lowest BCUT2D eigenvalue weighted by atomic mass is 10.2. The zero-order valence-corrected chi connectivity index (χ0v) is 11.7. The van der Waals surface area contributed by atoms with E-state index in [1.54, 1.807) is 17.0 Å². The van der Waals surface area contributed by atoms with Crippen LogP contribution in [-0.4, -0.2) is 18.4 Å². The van der Waals surface area contributed by atoms with E-state index >= 15 is 0 Å². The standard InChI is InChI=1S/C15H14N2O2S/c18-14-2-1-8-17(14)13-5-3-11(4-6-13)15(19)16-12-7-9-20-10-12/h3-7,9-10H,1-2,8H2,(H,16,19). The second-order valence-electron chi connectivity index (χ2n) is 4.66. The van der Waals surface area contributed by atoms with Gasteiger partial charge in [-0.15, -0.1) is 0 Å². The van der Waals surface area contributed by atoms with E-state index in [0.29, 0.717) is 12.0 Å². The molecule has 1 aromatic carbocycles. The highest BCUT2D eigenvalue weighted by atomic mass is 32.1. The van der Waals surface area contributed by atoms with Crippen molar-refractivity contribution in [1.29, 1.82) is 0 Å². The number of benzene rings is 1. The van der Waals surface area contributed by atoms with Crippen LogP contribution in [0.4, 0.5) is 11.4 Å². The summed E-state index contributed by atoms with van der Waals surface area (Å²) in [4.78, 5) is 25.4. The third-order valence-electron chi connectivity index (χ3n) is 3.29. The van der Waals surface area contributed by atoms with Crippen LogP contribution < -0.4 is 10.2 Å². The summed E-state index contributed by atoms with van der Waals surface area (Å²) in [5.74, 6) is 0.0168. The number of thiophene rings is 1. The minimum atomic E-state index is -0.136. The molecule has 0 saturated carbocycles. The number of rotatable bonds is 3. The van der Waals surface area contributed by atoms with Crippen molar-refractivity contribution in [2.45, 2.75) is 12.8 Å². The fourth-order valence-corrected chi connectivity index (χ4v) is 2.84. The average molecular weight is 286 g/mol. The van der Waals surface area contributed by atoms with Gasteiger partial charge in [-0.1, -0.05) is 0 Å². The molecule has 1 aromatic heterocycles. The van der Waals surface area contributed by atoms with E-state index < -0.39 is 0 Å². The van der Waals surface area contributed by atoms with Crippen molar-refractivity contribution in [3.63, 3.8) is 0 Å². The molecule has 1 fully saturated rings. The molecule has 0 atom stereocenters. The molecule has 5 heteroatoms. The molecule has 0 radical (unpaired) electrons. The number of amides is 2. The van der Waals surface area contributed by atoms with Gasteiger partial charge in [0, 0.05) is 29.6 Å². The Balaban J connectivity index is 1.72. The van der Waals surface area contributed by atoms with Crippen LogP contribution in [0.5, 0.6) is 0 Å². The molecule has 2 heterocycles. The van der Waals surface area contributed by atoms with Crippen molar-refractivity contribution in [3.05, 3.63) is 46.7 Å². The summed E-state index contributed by atoms with van der Waals surface area (Å²) in [7, 11) is 0. The van der Waals surface area contributed by atoms with Crippen molar-refractivity contribution in [2.24, 2.45) is 0 Å². The largest absolute Gasteiger partial charge is 0.321 e. The molecule has 1 aliphatic heterocycles. The Hall–Kier alpha value is -2.14. The summed E-state index contributed by atoms with van der Waals surface area (Å²) in [5.41, 5.74) is 2.25. The lowest BCUT2D eigenvalue weighted by molar-refractivity contribution is -0.117. The van der Waals surface area contributed by atoms with Crippen molar-refractivity contribution in [1.82, 2.24) is 0 Å². The van der Waals surface area contributed by atoms with Crippen molar-refractivity contribution >= 4 is 34.5 Å². The van der Waals surface area contributed by atoms with Gasteiger partial charge < -0.3 is 10.2 Å². The first-order valence-corrected chi connectivity index (χ1v) is 7.42. The van der Waals surface area contributed by atoms with E-state index in [0.717, 1.165) is 24.3 Å². The second-order valence-corrected chi connectivity index (χ2v) is 5.44. The van der Waals surface area contributed by atoms with Gasteiger partial charge in [0.05, 0.1) is 5.69 Å². The van der Waals surface area contributed by atoms with E-state index in [1.165, 1.54) is 11.3 Å². The van der Waals surface area contributed by atoms with E-state index in [9.17, 15) is 9.59 Å². The summed E-state index contributed by atoms with van der Waals surface area (Å²) in [6.07, 6.45) is 1.51. The van der Waals surface area contributed by atoms with Crippen molar-refractivity contribution in [3.8, 4) is 0 Å². The fourth-order valence-electron chi connectivity index (χ4n) is 2.25. The number of nitrogens with one attached hydrogen (secondary N) is 1. The van der Waals surface area contributed by atoms with Crippen LogP contribution in [-0.2, 0) is 4.79 Å². The molecule has 2 amide bonds. The molecule has 0 unspecified atom stereocenters. The van der Waals surface area contributed by atoms with Gasteiger partial charge in [-0.2, -0.15) is 11.3 Å². The number of carbonyl (C=O) groups excluding carboxylic acids is 2. The first kappa shape index (κ1) is 12.9. The van der Waals surface area contributed by atoms with Gasteiger partial charge in [0.2, 0.25) is 5.91 Å². The Morgan fingerprint density at radius 3 is 2.60 bits per heavy atom. The predicted octanol–water partition coefficient (Wildman–Crippen LogP) is 3.13. The SMILES string of the molecule is O=C(Nc1ccsc1)c1ccc(N2CCCC2=O)cc1. The molecule has 2 aromatic rings. The molecule has 3 rings (SSSR count). The van der Waals surface area contributed by atoms with Gasteiger partial charge in [-0.05, 0) is 42.1 Å². The molecule has 1 saturated heterocycles. The minimum absolute atomic E-state index is 0.136. The summed E-state index contributed by atoms with van der Waals surface area (Å²) >= 11 is 1.54. The topological polar surface area (TPSA) is 49.4 Å². The van der Waals surface area contributed by atoms with Crippen LogP contribution in [0, 0.1) is 0 Å². The summed E-state index contributed by atoms with van der Waals surface area (Å²) in [6.45, 7) is 0.763. The van der Waals surface area contributed by atoms with Crippen LogP contribution >= 0.6 is 11.3 Å². The molecule has 0 aliphatic carbocycles. The van der Waals surface area contributed by atoms with E-state index in [-0.39, 0.29) is 11.8 Å². The van der Waals surface area contributed by atoms with E-state index in [1.807, 2.05) is 29.0 Å². The van der Waals surface area contributed by atoms with E-state index in [2.05, 4.69) is 5.32 Å². The van der Waals surface area contributed by atoms with E-state index in [4.69, 9.17) is 0 Å². The highest BCUT2D eigenvalue weighted by Crippen LogP contribution is 2.22. The highest BCUT2D eigenvalue weighted by Gasteiger charge is 2.21. The number of hydrogen-bond acceptors (Lipinski definition) is 3. The highest BCUT2D eigenvalue weighted by molar-refractivity contribution is 7.08. The van der Waals surface area contributed by atoms with Crippen LogP contribution in [0.15, 0.2) is 41.1 Å². The average Bonchev–Trinajstić information content (AvgIpc) is 3.10. The van der Waals surface area contributed by atoms with Gasteiger partial charge in [0.25, 0.3) is 5.91 Å². The molecular formula is C15H14N2O2S. The van der Waals surface area contributed by atoms with Crippen LogP contribution in [0.3, 0.4) is 0 Å². The summed E-state index contributed by atoms with van der Waals surface area (Å²) < 4.78 is 0. The number of carbonyl (C=O) groups is 2. The molecule has 4 nitrogen and oxygen atoms in total. The first-order chi connectivity index (χ1) is 9.74. The minimum Gasteiger partial charge on any atom is -0.321 e. The first-order valence-electron chi connectivity index (χ1n) is 6.48. The summed E-state index contributed by atoms with van der Waals surface area (Å²) in [6, 6.07) is 9.02. The Morgan fingerprint density at radius 2 is 2.00 bits per heavy atom. The summed E-state index contributed by atoms with van der Waals surface area (Å²) in [5, 5.41) is 6.63. The maximum Gasteiger partial charge on any atom is 0.255 e. The maximum absolute atomic E-state index is 12.0. The molecule has 102 valence electrons. The predicted molar refractivity (Wildman–Crippen MR) is 80.3 cm³/mol. The molecular weight excluding hydrogens is 272 g/mol. The maximum atomic E-state index is 12.0. The van der Waals surface area contributed by atoms with Gasteiger partial charge in [0.15, 0.2) is 0 Å². The molecule has 0 bridgehead atoms. The quantitative estimate of drug-likeness (QED) is 0.942. The van der Waals surface area contributed by atoms with Crippen molar-refractivity contribution < 1.29 is 9.59 Å². The Morgan fingerprint density at radius 1 is 1.20 bits per heavy atom. The van der Waals surface area contributed by atoms with Gasteiger partial charge in [-0.25, -0.2) is 0 Å². The zero-order chi connectivity index (χ0) is 13.9. The second kappa shape index (κ2) is 5.46. The number of hydrogen-bond donors (Lipinski definition) is 1. The fraction of sp³-hybridized carbons (Fsp3) is 0.200. The van der Waals surface area contributed by atoms with Crippen molar-refractivity contribution in [2.75, 3.05) is 16.8 Å². The zero-order valence-electron chi connectivity index (χ0n) is 10.8. The van der Waals surface area contributed by atoms with Crippen LogP contribution in [0.1, 0.15) is 23.2 Å². The Kier molecular flexibility index (Phi) is 3.52. The molecule has 1 N–H and O–H groups in total. The third kappa shape index (κ3) is 2.58. The normalized spacial score (nSPS) is 14.6. The molecule has 20 heavy (non-hydrogen) atoms. The lowest BCUT2D eigenvalue weighted by Gasteiger charge is -2.15. The molecule has 1 aliphatic rings. The monoisotopic (exact) mass is 286 g/mol. The van der Waals surface area contributed by atoms with Crippen LogP contribution in [0.25, 0.3) is 0 Å². The van der Waals surface area contributed by atoms with Crippen LogP contribution in [0.2, 0.25) is 0 Å². The molecule has 0 spiro atoms. The van der Waals surface area contributed by atoms with Gasteiger partial charge in [-0.3, -0.25) is 9.59 Å². The Bertz CT molecular complexity index is 620. The third-order valence-corrected chi connectivity index (χ3v) is 3.98. The number of nitrogens with zero attached hydrogens (tertiary/aromatic N) is 1. The van der Waals surface area contributed by atoms with Gasteiger partial charge >= 0.3 is 0 Å². The lowest BCUT2D eigenvalue weighted by Crippen LogP contribution is -2.23.